The number of benzene rings is 1. The number of aryl methyl sites for hydroxylation is 1. The van der Waals surface area contributed by atoms with E-state index in [0.29, 0.717) is 18.9 Å². The van der Waals surface area contributed by atoms with E-state index in [1.54, 1.807) is 23.5 Å². The lowest BCUT2D eigenvalue weighted by Crippen LogP contribution is -2.28. The summed E-state index contributed by atoms with van der Waals surface area (Å²) in [5.41, 5.74) is 0.0626. The molecule has 1 atom stereocenters. The van der Waals surface area contributed by atoms with Crippen LogP contribution in [-0.2, 0) is 10.0 Å². The molecule has 0 unspecified atom stereocenters. The Bertz CT molecular complexity index is 1220. The van der Waals surface area contributed by atoms with E-state index in [2.05, 4.69) is 60.8 Å². The number of hydrogen-bond acceptors (Lipinski definition) is 9. The maximum absolute atomic E-state index is 13.0. The van der Waals surface area contributed by atoms with E-state index in [9.17, 15) is 13.5 Å². The third kappa shape index (κ3) is 4.85. The van der Waals surface area contributed by atoms with Crippen LogP contribution in [0.15, 0.2) is 39.9 Å². The van der Waals surface area contributed by atoms with Gasteiger partial charge in [0.25, 0.3) is 0 Å². The molecule has 3 heterocycles. The quantitative estimate of drug-likeness (QED) is 0.400. The molecule has 0 bridgehead atoms. The second kappa shape index (κ2) is 8.96. The molecule has 11 heteroatoms. The Balaban J connectivity index is 1.61. The number of rotatable bonds is 7. The molecular formula is C22H29N5O4S2. The largest absolute Gasteiger partial charge is 0.504 e. The van der Waals surface area contributed by atoms with Crippen molar-refractivity contribution < 1.29 is 18.2 Å². The Morgan fingerprint density at radius 1 is 1.12 bits per heavy atom. The summed E-state index contributed by atoms with van der Waals surface area (Å²) < 4.78 is 32.3. The Morgan fingerprint density at radius 3 is 2.45 bits per heavy atom. The zero-order valence-electron chi connectivity index (χ0n) is 19.1. The number of phenols is 1. The fraction of sp³-hybridized carbons (Fsp3) is 0.455. The minimum atomic E-state index is -3.78. The maximum Gasteiger partial charge on any atom is 0.246 e. The first-order chi connectivity index (χ1) is 15.6. The molecular weight excluding hydrogens is 462 g/mol. The van der Waals surface area contributed by atoms with Crippen molar-refractivity contribution in [3.05, 3.63) is 40.1 Å². The van der Waals surface area contributed by atoms with Crippen LogP contribution in [0.5, 0.6) is 5.75 Å². The summed E-state index contributed by atoms with van der Waals surface area (Å²) in [4.78, 5) is 2.22. The molecule has 2 aromatic heterocycles. The third-order valence-corrected chi connectivity index (χ3v) is 8.61. The molecule has 0 saturated carbocycles. The van der Waals surface area contributed by atoms with Crippen LogP contribution in [-0.4, -0.2) is 41.2 Å². The molecule has 3 N–H and O–H groups in total. The predicted molar refractivity (Wildman–Crippen MR) is 129 cm³/mol. The van der Waals surface area contributed by atoms with E-state index in [0.717, 1.165) is 17.7 Å². The SMILES string of the molecule is Cc1ccc([C@H](Nc2nonc2Nc2cccc(S(=O)(=O)N3CCCC3)c2O)C(C)(C)C)s1. The van der Waals surface area contributed by atoms with E-state index in [4.69, 9.17) is 4.63 Å². The highest BCUT2D eigenvalue weighted by Crippen LogP contribution is 2.41. The smallest absolute Gasteiger partial charge is 0.246 e. The van der Waals surface area contributed by atoms with Crippen LogP contribution in [0, 0.1) is 12.3 Å². The molecule has 1 aliphatic heterocycles. The normalized spacial score (nSPS) is 16.1. The minimum Gasteiger partial charge on any atom is -0.504 e. The van der Waals surface area contributed by atoms with Crippen molar-refractivity contribution in [2.24, 2.45) is 5.41 Å². The van der Waals surface area contributed by atoms with E-state index in [-0.39, 0.29) is 33.6 Å². The Labute approximate surface area is 197 Å². The van der Waals surface area contributed by atoms with E-state index < -0.39 is 10.0 Å². The summed E-state index contributed by atoms with van der Waals surface area (Å²) in [5, 5.41) is 25.1. The van der Waals surface area contributed by atoms with E-state index in [1.807, 2.05) is 0 Å². The van der Waals surface area contributed by atoms with Crippen molar-refractivity contribution in [1.29, 1.82) is 0 Å². The lowest BCUT2D eigenvalue weighted by Gasteiger charge is -2.30. The first kappa shape index (κ1) is 23.5. The number of phenolic OH excluding ortho intramolecular Hbond substituents is 1. The van der Waals surface area contributed by atoms with Gasteiger partial charge in [0, 0.05) is 22.8 Å². The van der Waals surface area contributed by atoms with Gasteiger partial charge >= 0.3 is 0 Å². The average molecular weight is 492 g/mol. The number of anilines is 3. The van der Waals surface area contributed by atoms with Crippen LogP contribution >= 0.6 is 11.3 Å². The monoisotopic (exact) mass is 491 g/mol. The molecule has 0 amide bonds. The molecule has 3 aromatic rings. The molecule has 1 aromatic carbocycles. The van der Waals surface area contributed by atoms with Crippen LogP contribution in [0.3, 0.4) is 0 Å². The van der Waals surface area contributed by atoms with Crippen molar-refractivity contribution in [2.45, 2.75) is 51.5 Å². The van der Waals surface area contributed by atoms with Gasteiger partial charge in [-0.25, -0.2) is 13.0 Å². The molecule has 1 saturated heterocycles. The van der Waals surface area contributed by atoms with Crippen LogP contribution in [0.4, 0.5) is 17.3 Å². The average Bonchev–Trinajstić information content (AvgIpc) is 3.49. The predicted octanol–water partition coefficient (Wildman–Crippen LogP) is 4.87. The molecule has 1 fully saturated rings. The summed E-state index contributed by atoms with van der Waals surface area (Å²) in [6.45, 7) is 9.34. The maximum atomic E-state index is 13.0. The van der Waals surface area contributed by atoms with Crippen molar-refractivity contribution in [2.75, 3.05) is 23.7 Å². The van der Waals surface area contributed by atoms with Crippen LogP contribution < -0.4 is 10.6 Å². The number of para-hydroxylation sites is 1. The van der Waals surface area contributed by atoms with Gasteiger partial charge in [0.1, 0.15) is 4.90 Å². The molecule has 0 aliphatic carbocycles. The number of nitrogens with one attached hydrogen (secondary N) is 2. The van der Waals surface area contributed by atoms with E-state index in [1.165, 1.54) is 15.2 Å². The van der Waals surface area contributed by atoms with Gasteiger partial charge in [-0.3, -0.25) is 0 Å². The summed E-state index contributed by atoms with van der Waals surface area (Å²) in [7, 11) is -3.78. The van der Waals surface area contributed by atoms with Gasteiger partial charge in [-0.1, -0.05) is 26.8 Å². The highest BCUT2D eigenvalue weighted by molar-refractivity contribution is 7.89. The van der Waals surface area contributed by atoms with Crippen LogP contribution in [0.1, 0.15) is 49.4 Å². The fourth-order valence-electron chi connectivity index (χ4n) is 3.85. The van der Waals surface area contributed by atoms with Crippen molar-refractivity contribution >= 4 is 38.7 Å². The second-order valence-electron chi connectivity index (χ2n) is 9.24. The molecule has 33 heavy (non-hydrogen) atoms. The van der Waals surface area contributed by atoms with Gasteiger partial charge in [0.2, 0.25) is 21.7 Å². The molecule has 0 radical (unpaired) electrons. The number of aromatic nitrogens is 2. The van der Waals surface area contributed by atoms with E-state index >= 15 is 0 Å². The molecule has 1 aliphatic rings. The van der Waals surface area contributed by atoms with Crippen molar-refractivity contribution in [3.8, 4) is 5.75 Å². The zero-order chi connectivity index (χ0) is 23.8. The number of nitrogens with zero attached hydrogens (tertiary/aromatic N) is 3. The summed E-state index contributed by atoms with van der Waals surface area (Å²) in [5.74, 6) is 0.260. The van der Waals surface area contributed by atoms with Gasteiger partial charge in [0.05, 0.1) is 11.7 Å². The molecule has 0 spiro atoms. The van der Waals surface area contributed by atoms with Gasteiger partial charge in [-0.2, -0.15) is 4.31 Å². The van der Waals surface area contributed by atoms with Gasteiger partial charge in [0.15, 0.2) is 5.75 Å². The Kier molecular flexibility index (Phi) is 6.39. The van der Waals surface area contributed by atoms with Gasteiger partial charge in [-0.05, 0) is 59.8 Å². The minimum absolute atomic E-state index is 0.0703. The first-order valence-corrected chi connectivity index (χ1v) is 13.1. The second-order valence-corrected chi connectivity index (χ2v) is 12.5. The van der Waals surface area contributed by atoms with Crippen LogP contribution in [0.25, 0.3) is 0 Å². The number of aromatic hydroxyl groups is 1. The number of thiophene rings is 1. The fourth-order valence-corrected chi connectivity index (χ4v) is 6.65. The Morgan fingerprint density at radius 2 is 1.82 bits per heavy atom. The topological polar surface area (TPSA) is 121 Å². The molecule has 4 rings (SSSR count). The highest BCUT2D eigenvalue weighted by atomic mass is 32.2. The lowest BCUT2D eigenvalue weighted by atomic mass is 9.86. The van der Waals surface area contributed by atoms with Crippen molar-refractivity contribution in [3.63, 3.8) is 0 Å². The van der Waals surface area contributed by atoms with Crippen LogP contribution in [0.2, 0.25) is 0 Å². The Hall–Kier alpha value is -2.63. The summed E-state index contributed by atoms with van der Waals surface area (Å²) >= 11 is 1.70. The summed E-state index contributed by atoms with van der Waals surface area (Å²) in [6, 6.07) is 8.66. The first-order valence-electron chi connectivity index (χ1n) is 10.8. The van der Waals surface area contributed by atoms with Gasteiger partial charge < -0.3 is 15.7 Å². The standard InChI is InChI=1S/C22H29N5O4S2/c1-14-10-11-16(32-14)19(22(2,3)4)24-21-20(25-31-26-21)23-15-8-7-9-17(18(15)28)33(29,30)27-12-5-6-13-27/h7-11,19,28H,5-6,12-13H2,1-4H3,(H,23,25)(H,24,26)/t19-/m0/s1. The van der Waals surface area contributed by atoms with Crippen molar-refractivity contribution in [1.82, 2.24) is 14.6 Å². The molecule has 178 valence electrons. The number of sulfonamides is 1. The van der Waals surface area contributed by atoms with Gasteiger partial charge in [-0.15, -0.1) is 11.3 Å². The summed E-state index contributed by atoms with van der Waals surface area (Å²) in [6.07, 6.45) is 1.63. The lowest BCUT2D eigenvalue weighted by molar-refractivity contribution is 0.307. The number of hydrogen-bond donors (Lipinski definition) is 3. The third-order valence-electron chi connectivity index (χ3n) is 5.62. The molecule has 9 nitrogen and oxygen atoms in total. The zero-order valence-corrected chi connectivity index (χ0v) is 20.8. The highest BCUT2D eigenvalue weighted by Gasteiger charge is 2.32.